The first kappa shape index (κ1) is 12.6. The molecule has 1 atom stereocenters. The van der Waals surface area contributed by atoms with Crippen molar-refractivity contribution in [2.75, 3.05) is 0 Å². The molecule has 3 nitrogen and oxygen atoms in total. The first-order valence-electron chi connectivity index (χ1n) is 5.29. The van der Waals surface area contributed by atoms with Gasteiger partial charge in [-0.1, -0.05) is 12.1 Å². The van der Waals surface area contributed by atoms with E-state index in [1.807, 2.05) is 0 Å². The maximum absolute atomic E-state index is 12.4. The van der Waals surface area contributed by atoms with Crippen molar-refractivity contribution in [3.63, 3.8) is 0 Å². The molecule has 0 aliphatic carbocycles. The topological polar surface area (TPSA) is 43.8 Å². The van der Waals surface area contributed by atoms with Crippen LogP contribution in [0.1, 0.15) is 22.7 Å². The second-order valence-corrected chi connectivity index (χ2v) is 4.04. The monoisotopic (exact) mass is 255 g/mol. The molecule has 0 amide bonds. The van der Waals surface area contributed by atoms with Crippen molar-refractivity contribution in [1.29, 1.82) is 0 Å². The molecular formula is C12H12F3N3. The Morgan fingerprint density at radius 2 is 1.78 bits per heavy atom. The summed E-state index contributed by atoms with van der Waals surface area (Å²) in [7, 11) is 1.75. The zero-order valence-corrected chi connectivity index (χ0v) is 9.65. The van der Waals surface area contributed by atoms with Crippen LogP contribution >= 0.6 is 0 Å². The van der Waals surface area contributed by atoms with Crippen LogP contribution in [0.2, 0.25) is 0 Å². The van der Waals surface area contributed by atoms with E-state index in [0.29, 0.717) is 5.56 Å². The Balaban J connectivity index is 2.24. The Labute approximate surface area is 102 Å². The minimum absolute atomic E-state index is 0.471. The number of halogens is 3. The summed E-state index contributed by atoms with van der Waals surface area (Å²) in [4.78, 5) is 0. The predicted molar refractivity (Wildman–Crippen MR) is 60.7 cm³/mol. The summed E-state index contributed by atoms with van der Waals surface area (Å²) in [5, 5.41) is 3.98. The number of aromatic nitrogens is 2. The van der Waals surface area contributed by atoms with E-state index in [2.05, 4.69) is 5.10 Å². The molecule has 0 saturated carbocycles. The lowest BCUT2D eigenvalue weighted by Gasteiger charge is -2.12. The van der Waals surface area contributed by atoms with Crippen molar-refractivity contribution in [2.45, 2.75) is 12.2 Å². The molecule has 0 saturated heterocycles. The molecule has 0 fully saturated rings. The Bertz CT molecular complexity index is 528. The minimum atomic E-state index is -4.32. The number of benzene rings is 1. The third-order valence-electron chi connectivity index (χ3n) is 2.68. The Hall–Kier alpha value is -1.82. The molecule has 18 heavy (non-hydrogen) atoms. The molecule has 1 aromatic carbocycles. The molecule has 2 rings (SSSR count). The largest absolute Gasteiger partial charge is 0.416 e. The average Bonchev–Trinajstić information content (AvgIpc) is 2.74. The molecule has 0 aliphatic rings. The normalized spacial score (nSPS) is 13.6. The van der Waals surface area contributed by atoms with Gasteiger partial charge < -0.3 is 5.73 Å². The molecule has 2 aromatic rings. The standard InChI is InChI=1S/C12H12F3N3/c1-18-7-9(6-17-18)11(16)8-2-4-10(5-3-8)12(13,14)15/h2-7,11H,16H2,1H3. The van der Waals surface area contributed by atoms with Gasteiger partial charge in [-0.15, -0.1) is 0 Å². The highest BCUT2D eigenvalue weighted by atomic mass is 19.4. The minimum Gasteiger partial charge on any atom is -0.320 e. The van der Waals surface area contributed by atoms with E-state index in [1.54, 1.807) is 24.1 Å². The second-order valence-electron chi connectivity index (χ2n) is 4.04. The van der Waals surface area contributed by atoms with Crippen LogP contribution in [0, 0.1) is 0 Å². The molecule has 6 heteroatoms. The van der Waals surface area contributed by atoms with Crippen LogP contribution in [0.15, 0.2) is 36.7 Å². The lowest BCUT2D eigenvalue weighted by Crippen LogP contribution is -2.12. The van der Waals surface area contributed by atoms with E-state index in [9.17, 15) is 13.2 Å². The van der Waals surface area contributed by atoms with Crippen molar-refractivity contribution < 1.29 is 13.2 Å². The second kappa shape index (κ2) is 4.45. The molecule has 96 valence electrons. The molecule has 1 aromatic heterocycles. The van der Waals surface area contributed by atoms with Crippen molar-refractivity contribution in [2.24, 2.45) is 12.8 Å². The quantitative estimate of drug-likeness (QED) is 0.896. The zero-order chi connectivity index (χ0) is 13.3. The van der Waals surface area contributed by atoms with Gasteiger partial charge >= 0.3 is 6.18 Å². The Kier molecular flexibility index (Phi) is 3.13. The molecule has 0 aliphatic heterocycles. The summed E-state index contributed by atoms with van der Waals surface area (Å²) >= 11 is 0. The zero-order valence-electron chi connectivity index (χ0n) is 9.65. The molecule has 1 heterocycles. The van der Waals surface area contributed by atoms with Gasteiger partial charge in [0.05, 0.1) is 17.8 Å². The van der Waals surface area contributed by atoms with Crippen molar-refractivity contribution in [3.05, 3.63) is 53.3 Å². The van der Waals surface area contributed by atoms with E-state index in [-0.39, 0.29) is 0 Å². The van der Waals surface area contributed by atoms with E-state index in [0.717, 1.165) is 17.7 Å². The highest BCUT2D eigenvalue weighted by molar-refractivity contribution is 5.32. The molecule has 0 spiro atoms. The average molecular weight is 255 g/mol. The number of rotatable bonds is 2. The number of alkyl halides is 3. The van der Waals surface area contributed by atoms with Gasteiger partial charge in [0.15, 0.2) is 0 Å². The van der Waals surface area contributed by atoms with Crippen molar-refractivity contribution >= 4 is 0 Å². The van der Waals surface area contributed by atoms with Gasteiger partial charge in [-0.2, -0.15) is 18.3 Å². The van der Waals surface area contributed by atoms with Crippen LogP contribution in [0.5, 0.6) is 0 Å². The molecule has 0 radical (unpaired) electrons. The summed E-state index contributed by atoms with van der Waals surface area (Å²) in [5.74, 6) is 0. The summed E-state index contributed by atoms with van der Waals surface area (Å²) in [5.41, 5.74) is 6.66. The first-order valence-corrected chi connectivity index (χ1v) is 5.29. The van der Waals surface area contributed by atoms with Crippen molar-refractivity contribution in [3.8, 4) is 0 Å². The van der Waals surface area contributed by atoms with Gasteiger partial charge in [-0.05, 0) is 17.7 Å². The van der Waals surface area contributed by atoms with Crippen LogP contribution in [0.4, 0.5) is 13.2 Å². The van der Waals surface area contributed by atoms with Gasteiger partial charge in [0.25, 0.3) is 0 Å². The van der Waals surface area contributed by atoms with Gasteiger partial charge in [-0.3, -0.25) is 4.68 Å². The smallest absolute Gasteiger partial charge is 0.320 e. The summed E-state index contributed by atoms with van der Waals surface area (Å²) < 4.78 is 38.8. The van der Waals surface area contributed by atoms with Crippen molar-refractivity contribution in [1.82, 2.24) is 9.78 Å². The first-order chi connectivity index (χ1) is 8.38. The van der Waals surface area contributed by atoms with Crippen LogP contribution in [0.3, 0.4) is 0 Å². The summed E-state index contributed by atoms with van der Waals surface area (Å²) in [6.07, 6.45) is -0.985. The highest BCUT2D eigenvalue weighted by Gasteiger charge is 2.30. The maximum Gasteiger partial charge on any atom is 0.416 e. The lowest BCUT2D eigenvalue weighted by atomic mass is 10.0. The number of hydrogen-bond donors (Lipinski definition) is 1. The van der Waals surface area contributed by atoms with E-state index >= 15 is 0 Å². The summed E-state index contributed by atoms with van der Waals surface area (Å²) in [6, 6.07) is 4.37. The molecule has 2 N–H and O–H groups in total. The third-order valence-corrected chi connectivity index (χ3v) is 2.68. The van der Waals surface area contributed by atoms with E-state index < -0.39 is 17.8 Å². The van der Waals surface area contributed by atoms with Gasteiger partial charge in [0.2, 0.25) is 0 Å². The predicted octanol–water partition coefficient (Wildman–Crippen LogP) is 2.49. The fourth-order valence-corrected chi connectivity index (χ4v) is 1.67. The summed E-state index contributed by atoms with van der Waals surface area (Å²) in [6.45, 7) is 0. The molecule has 0 bridgehead atoms. The highest BCUT2D eigenvalue weighted by Crippen LogP contribution is 2.30. The SMILES string of the molecule is Cn1cc(C(N)c2ccc(C(F)(F)F)cc2)cn1. The number of nitrogens with zero attached hydrogens (tertiary/aromatic N) is 2. The van der Waals surface area contributed by atoms with Crippen LogP contribution in [0.25, 0.3) is 0 Å². The van der Waals surface area contributed by atoms with E-state index in [1.165, 1.54) is 12.1 Å². The maximum atomic E-state index is 12.4. The molecular weight excluding hydrogens is 243 g/mol. The Morgan fingerprint density at radius 1 is 1.17 bits per heavy atom. The van der Waals surface area contributed by atoms with Gasteiger partial charge in [-0.25, -0.2) is 0 Å². The number of hydrogen-bond acceptors (Lipinski definition) is 2. The number of nitrogens with two attached hydrogens (primary N) is 1. The lowest BCUT2D eigenvalue weighted by molar-refractivity contribution is -0.137. The van der Waals surface area contributed by atoms with Crippen LogP contribution < -0.4 is 5.73 Å². The van der Waals surface area contributed by atoms with Crippen LogP contribution in [-0.4, -0.2) is 9.78 Å². The van der Waals surface area contributed by atoms with Gasteiger partial charge in [0, 0.05) is 18.8 Å². The number of aryl methyl sites for hydroxylation is 1. The fraction of sp³-hybridized carbons (Fsp3) is 0.250. The van der Waals surface area contributed by atoms with Crippen LogP contribution in [-0.2, 0) is 13.2 Å². The fourth-order valence-electron chi connectivity index (χ4n) is 1.67. The third kappa shape index (κ3) is 2.53. The van der Waals surface area contributed by atoms with E-state index in [4.69, 9.17) is 5.73 Å². The van der Waals surface area contributed by atoms with Gasteiger partial charge in [0.1, 0.15) is 0 Å². The molecule has 1 unspecified atom stereocenters. The Morgan fingerprint density at radius 3 is 2.22 bits per heavy atom.